The van der Waals surface area contributed by atoms with Crippen LogP contribution in [0.25, 0.3) is 0 Å². The molecular formula is C18H24ClNO3. The molecular weight excluding hydrogens is 314 g/mol. The van der Waals surface area contributed by atoms with Crippen LogP contribution in [0.2, 0.25) is 0 Å². The molecule has 0 unspecified atom stereocenters. The van der Waals surface area contributed by atoms with Crippen molar-refractivity contribution in [2.75, 3.05) is 6.61 Å². The summed E-state index contributed by atoms with van der Waals surface area (Å²) in [6.07, 6.45) is -0.639. The third-order valence-electron chi connectivity index (χ3n) is 3.50. The number of halogens is 1. The molecule has 126 valence electrons. The van der Waals surface area contributed by atoms with E-state index in [4.69, 9.17) is 4.74 Å². The fourth-order valence-corrected chi connectivity index (χ4v) is 2.29. The summed E-state index contributed by atoms with van der Waals surface area (Å²) in [4.78, 5) is 0. The SMILES string of the molecule is C[C@H](N[C@@H](C)COc1ccccc1)[C@H](O)c1ccc(O)cc1.Cl. The van der Waals surface area contributed by atoms with Gasteiger partial charge in [-0.25, -0.2) is 0 Å². The van der Waals surface area contributed by atoms with Crippen LogP contribution >= 0.6 is 12.4 Å². The Hall–Kier alpha value is -1.75. The Morgan fingerprint density at radius 3 is 2.22 bits per heavy atom. The van der Waals surface area contributed by atoms with Gasteiger partial charge in [-0.15, -0.1) is 12.4 Å². The Bertz CT molecular complexity index is 562. The van der Waals surface area contributed by atoms with Crippen molar-refractivity contribution in [3.63, 3.8) is 0 Å². The number of aromatic hydroxyl groups is 1. The molecule has 0 spiro atoms. The molecule has 0 saturated carbocycles. The first-order valence-corrected chi connectivity index (χ1v) is 7.47. The Balaban J connectivity index is 0.00000264. The Labute approximate surface area is 143 Å². The fourth-order valence-electron chi connectivity index (χ4n) is 2.29. The van der Waals surface area contributed by atoms with E-state index in [1.165, 1.54) is 0 Å². The van der Waals surface area contributed by atoms with Gasteiger partial charge in [-0.2, -0.15) is 0 Å². The summed E-state index contributed by atoms with van der Waals surface area (Å²) in [6.45, 7) is 4.47. The minimum absolute atomic E-state index is 0. The number of hydrogen-bond donors (Lipinski definition) is 3. The summed E-state index contributed by atoms with van der Waals surface area (Å²) in [7, 11) is 0. The summed E-state index contributed by atoms with van der Waals surface area (Å²) < 4.78 is 5.69. The lowest BCUT2D eigenvalue weighted by atomic mass is 10.0. The number of benzene rings is 2. The van der Waals surface area contributed by atoms with E-state index in [9.17, 15) is 10.2 Å². The minimum atomic E-state index is -0.639. The van der Waals surface area contributed by atoms with E-state index in [1.54, 1.807) is 24.3 Å². The number of aliphatic hydroxyl groups is 1. The normalized spacial score (nSPS) is 14.4. The molecule has 2 aromatic carbocycles. The van der Waals surface area contributed by atoms with Crippen molar-refractivity contribution in [1.29, 1.82) is 0 Å². The van der Waals surface area contributed by atoms with Gasteiger partial charge in [-0.3, -0.25) is 0 Å². The molecule has 0 bridgehead atoms. The van der Waals surface area contributed by atoms with E-state index in [-0.39, 0.29) is 30.2 Å². The molecule has 2 aromatic rings. The van der Waals surface area contributed by atoms with Crippen LogP contribution < -0.4 is 10.1 Å². The van der Waals surface area contributed by atoms with Gasteiger partial charge in [0.15, 0.2) is 0 Å². The molecule has 2 rings (SSSR count). The summed E-state index contributed by atoms with van der Waals surface area (Å²) >= 11 is 0. The largest absolute Gasteiger partial charge is 0.508 e. The average molecular weight is 338 g/mol. The monoisotopic (exact) mass is 337 g/mol. The van der Waals surface area contributed by atoms with Crippen molar-refractivity contribution < 1.29 is 14.9 Å². The van der Waals surface area contributed by atoms with Crippen molar-refractivity contribution in [3.05, 3.63) is 60.2 Å². The zero-order chi connectivity index (χ0) is 15.9. The second-order valence-corrected chi connectivity index (χ2v) is 5.52. The van der Waals surface area contributed by atoms with Crippen LogP contribution in [-0.4, -0.2) is 28.9 Å². The predicted octanol–water partition coefficient (Wildman–Crippen LogP) is 3.29. The molecule has 0 fully saturated rings. The fraction of sp³-hybridized carbons (Fsp3) is 0.333. The number of hydrogen-bond acceptors (Lipinski definition) is 4. The number of aliphatic hydroxyl groups excluding tert-OH is 1. The third-order valence-corrected chi connectivity index (χ3v) is 3.50. The van der Waals surface area contributed by atoms with E-state index in [0.29, 0.717) is 6.61 Å². The van der Waals surface area contributed by atoms with Crippen LogP contribution in [0, 0.1) is 0 Å². The standard InChI is InChI=1S/C18H23NO3.ClH/c1-13(12-22-17-6-4-3-5-7-17)19-14(2)18(21)15-8-10-16(20)11-9-15;/h3-11,13-14,18-21H,12H2,1-2H3;1H/t13-,14-,18-;/m0./s1. The molecule has 0 heterocycles. The van der Waals surface area contributed by atoms with Gasteiger partial charge >= 0.3 is 0 Å². The van der Waals surface area contributed by atoms with E-state index in [2.05, 4.69) is 5.32 Å². The predicted molar refractivity (Wildman–Crippen MR) is 94.3 cm³/mol. The van der Waals surface area contributed by atoms with Crippen molar-refractivity contribution in [2.45, 2.75) is 32.0 Å². The van der Waals surface area contributed by atoms with Crippen LogP contribution in [0.3, 0.4) is 0 Å². The minimum Gasteiger partial charge on any atom is -0.508 e. The molecule has 0 aliphatic heterocycles. The van der Waals surface area contributed by atoms with E-state index in [0.717, 1.165) is 11.3 Å². The molecule has 0 aliphatic rings. The quantitative estimate of drug-likeness (QED) is 0.725. The number of para-hydroxylation sites is 1. The van der Waals surface area contributed by atoms with Crippen LogP contribution in [0.5, 0.6) is 11.5 Å². The zero-order valence-corrected chi connectivity index (χ0v) is 14.2. The topological polar surface area (TPSA) is 61.7 Å². The molecule has 23 heavy (non-hydrogen) atoms. The first-order chi connectivity index (χ1) is 10.6. The van der Waals surface area contributed by atoms with Gasteiger partial charge in [-0.1, -0.05) is 30.3 Å². The molecule has 5 heteroatoms. The highest BCUT2D eigenvalue weighted by atomic mass is 35.5. The maximum absolute atomic E-state index is 10.3. The second-order valence-electron chi connectivity index (χ2n) is 5.52. The molecule has 0 saturated heterocycles. The molecule has 0 amide bonds. The highest BCUT2D eigenvalue weighted by molar-refractivity contribution is 5.85. The van der Waals surface area contributed by atoms with Gasteiger partial charge < -0.3 is 20.3 Å². The molecule has 3 atom stereocenters. The lowest BCUT2D eigenvalue weighted by Crippen LogP contribution is -2.41. The number of nitrogens with one attached hydrogen (secondary N) is 1. The smallest absolute Gasteiger partial charge is 0.119 e. The van der Waals surface area contributed by atoms with Crippen LogP contribution in [0.4, 0.5) is 0 Å². The number of phenols is 1. The zero-order valence-electron chi connectivity index (χ0n) is 13.3. The van der Waals surface area contributed by atoms with Gasteiger partial charge in [0.25, 0.3) is 0 Å². The van der Waals surface area contributed by atoms with Crippen LogP contribution in [0.15, 0.2) is 54.6 Å². The van der Waals surface area contributed by atoms with Gasteiger partial charge in [-0.05, 0) is 43.7 Å². The van der Waals surface area contributed by atoms with Crippen molar-refractivity contribution >= 4 is 12.4 Å². The van der Waals surface area contributed by atoms with Crippen molar-refractivity contribution in [1.82, 2.24) is 5.32 Å². The average Bonchev–Trinajstić information content (AvgIpc) is 2.54. The van der Waals surface area contributed by atoms with Crippen LogP contribution in [-0.2, 0) is 0 Å². The van der Waals surface area contributed by atoms with Gasteiger partial charge in [0.1, 0.15) is 18.1 Å². The first kappa shape index (κ1) is 19.3. The Kier molecular flexibility index (Phi) is 7.89. The number of phenolic OH excluding ortho intramolecular Hbond substituents is 1. The molecule has 4 nitrogen and oxygen atoms in total. The summed E-state index contributed by atoms with van der Waals surface area (Å²) in [5.41, 5.74) is 0.772. The molecule has 0 aliphatic carbocycles. The van der Waals surface area contributed by atoms with Gasteiger partial charge in [0.2, 0.25) is 0 Å². The van der Waals surface area contributed by atoms with Crippen molar-refractivity contribution in [2.24, 2.45) is 0 Å². The highest BCUT2D eigenvalue weighted by Gasteiger charge is 2.18. The van der Waals surface area contributed by atoms with E-state index in [1.807, 2.05) is 44.2 Å². The Morgan fingerprint density at radius 2 is 1.61 bits per heavy atom. The molecule has 3 N–H and O–H groups in total. The Morgan fingerprint density at radius 1 is 1.00 bits per heavy atom. The number of rotatable bonds is 7. The molecule has 0 radical (unpaired) electrons. The van der Waals surface area contributed by atoms with Crippen molar-refractivity contribution in [3.8, 4) is 11.5 Å². The summed E-state index contributed by atoms with van der Waals surface area (Å²) in [5, 5.41) is 22.9. The first-order valence-electron chi connectivity index (χ1n) is 7.47. The molecule has 0 aromatic heterocycles. The third kappa shape index (κ3) is 6.10. The van der Waals surface area contributed by atoms with Gasteiger partial charge in [0.05, 0.1) is 6.10 Å². The van der Waals surface area contributed by atoms with Gasteiger partial charge in [0, 0.05) is 12.1 Å². The van der Waals surface area contributed by atoms with E-state index >= 15 is 0 Å². The lowest BCUT2D eigenvalue weighted by Gasteiger charge is -2.25. The summed E-state index contributed by atoms with van der Waals surface area (Å²) in [5.74, 6) is 1.03. The second kappa shape index (κ2) is 9.40. The summed E-state index contributed by atoms with van der Waals surface area (Å²) in [6, 6.07) is 16.2. The maximum Gasteiger partial charge on any atom is 0.119 e. The maximum atomic E-state index is 10.3. The highest BCUT2D eigenvalue weighted by Crippen LogP contribution is 2.20. The van der Waals surface area contributed by atoms with Crippen LogP contribution in [0.1, 0.15) is 25.5 Å². The lowest BCUT2D eigenvalue weighted by molar-refractivity contribution is 0.124. The number of ether oxygens (including phenoxy) is 1. The van der Waals surface area contributed by atoms with E-state index < -0.39 is 6.10 Å².